The topological polar surface area (TPSA) is 102 Å². The van der Waals surface area contributed by atoms with Crippen molar-refractivity contribution >= 4 is 23.2 Å². The van der Waals surface area contributed by atoms with Crippen molar-refractivity contribution in [1.82, 2.24) is 4.90 Å². The lowest BCUT2D eigenvalue weighted by Gasteiger charge is -2.12. The van der Waals surface area contributed by atoms with Gasteiger partial charge in [0.1, 0.15) is 0 Å². The largest absolute Gasteiger partial charge is 0.477 e. The highest BCUT2D eigenvalue weighted by Crippen LogP contribution is 2.27. The molecule has 1 N–H and O–H groups in total. The monoisotopic (exact) mass is 357 g/mol. The Morgan fingerprint density at radius 2 is 1.92 bits per heavy atom. The molecule has 8 heteroatoms. The molecular formula is C18H19N3O5. The van der Waals surface area contributed by atoms with Crippen LogP contribution in [0.5, 0.6) is 5.75 Å². The van der Waals surface area contributed by atoms with E-state index in [9.17, 15) is 19.7 Å². The lowest BCUT2D eigenvalue weighted by Crippen LogP contribution is -2.23. The van der Waals surface area contributed by atoms with E-state index in [1.165, 1.54) is 17.0 Å². The van der Waals surface area contributed by atoms with Crippen LogP contribution in [0.4, 0.5) is 11.4 Å². The van der Waals surface area contributed by atoms with Gasteiger partial charge >= 0.3 is 5.69 Å². The predicted octanol–water partition coefficient (Wildman–Crippen LogP) is 2.62. The van der Waals surface area contributed by atoms with Gasteiger partial charge in [-0.25, -0.2) is 0 Å². The number of hydrogen-bond donors (Lipinski definition) is 1. The predicted molar refractivity (Wildman–Crippen MR) is 96.4 cm³/mol. The fourth-order valence-corrected chi connectivity index (χ4v) is 2.22. The van der Waals surface area contributed by atoms with E-state index in [0.717, 1.165) is 5.56 Å². The number of aryl methyl sites for hydroxylation is 1. The SMILES string of the molecule is Cc1ccc([N+](=O)[O-])c(OCC(=O)Nc2cccc(C(=O)N(C)C)c2)c1. The van der Waals surface area contributed by atoms with E-state index < -0.39 is 17.4 Å². The number of anilines is 1. The molecule has 0 aliphatic rings. The minimum Gasteiger partial charge on any atom is -0.477 e. The molecule has 0 atom stereocenters. The summed E-state index contributed by atoms with van der Waals surface area (Å²) in [7, 11) is 3.27. The average molecular weight is 357 g/mol. The molecule has 2 aromatic carbocycles. The minimum absolute atomic E-state index is 0.0293. The van der Waals surface area contributed by atoms with Gasteiger partial charge in [-0.1, -0.05) is 12.1 Å². The number of carbonyl (C=O) groups is 2. The molecule has 2 rings (SSSR count). The Bertz CT molecular complexity index is 848. The van der Waals surface area contributed by atoms with Crippen LogP contribution < -0.4 is 10.1 Å². The van der Waals surface area contributed by atoms with Gasteiger partial charge in [-0.15, -0.1) is 0 Å². The second kappa shape index (κ2) is 8.11. The van der Waals surface area contributed by atoms with Crippen LogP contribution in [0.2, 0.25) is 0 Å². The molecule has 2 amide bonds. The van der Waals surface area contributed by atoms with Gasteiger partial charge in [-0.2, -0.15) is 0 Å². The highest BCUT2D eigenvalue weighted by molar-refractivity contribution is 5.97. The Morgan fingerprint density at radius 3 is 2.58 bits per heavy atom. The summed E-state index contributed by atoms with van der Waals surface area (Å²) in [5, 5.41) is 13.6. The number of ether oxygens (including phenoxy) is 1. The number of nitrogens with zero attached hydrogens (tertiary/aromatic N) is 2. The fourth-order valence-electron chi connectivity index (χ4n) is 2.22. The molecule has 0 spiro atoms. The standard InChI is InChI=1S/C18H19N3O5/c1-12-7-8-15(21(24)25)16(9-12)26-11-17(22)19-14-6-4-5-13(10-14)18(23)20(2)3/h4-10H,11H2,1-3H3,(H,19,22). The number of nitro groups is 1. The molecular weight excluding hydrogens is 338 g/mol. The van der Waals surface area contributed by atoms with Crippen LogP contribution in [0.15, 0.2) is 42.5 Å². The molecule has 0 aromatic heterocycles. The lowest BCUT2D eigenvalue weighted by molar-refractivity contribution is -0.385. The van der Waals surface area contributed by atoms with Gasteiger partial charge in [0.05, 0.1) is 4.92 Å². The third-order valence-corrected chi connectivity index (χ3v) is 3.47. The first-order chi connectivity index (χ1) is 12.3. The summed E-state index contributed by atoms with van der Waals surface area (Å²) in [6.45, 7) is 1.38. The van der Waals surface area contributed by atoms with E-state index in [4.69, 9.17) is 4.74 Å². The molecule has 0 radical (unpaired) electrons. The van der Waals surface area contributed by atoms with E-state index in [1.54, 1.807) is 51.4 Å². The van der Waals surface area contributed by atoms with Crippen LogP contribution in [0.3, 0.4) is 0 Å². The third kappa shape index (κ3) is 4.79. The van der Waals surface area contributed by atoms with Gasteiger partial charge in [0.15, 0.2) is 12.4 Å². The zero-order chi connectivity index (χ0) is 19.3. The van der Waals surface area contributed by atoms with Crippen LogP contribution in [0.1, 0.15) is 15.9 Å². The molecule has 8 nitrogen and oxygen atoms in total. The molecule has 136 valence electrons. The van der Waals surface area contributed by atoms with Gasteiger partial charge < -0.3 is 15.0 Å². The Hall–Kier alpha value is -3.42. The van der Waals surface area contributed by atoms with E-state index in [2.05, 4.69) is 5.32 Å². The van der Waals surface area contributed by atoms with Crippen LogP contribution >= 0.6 is 0 Å². The number of rotatable bonds is 6. The summed E-state index contributed by atoms with van der Waals surface area (Å²) < 4.78 is 5.30. The minimum atomic E-state index is -0.566. The molecule has 0 bridgehead atoms. The quantitative estimate of drug-likeness (QED) is 0.632. The maximum Gasteiger partial charge on any atom is 0.310 e. The Labute approximate surface area is 150 Å². The number of nitrogens with one attached hydrogen (secondary N) is 1. The molecule has 0 saturated carbocycles. The van der Waals surface area contributed by atoms with Crippen LogP contribution in [0.25, 0.3) is 0 Å². The number of nitro benzene ring substituents is 1. The molecule has 0 fully saturated rings. The summed E-state index contributed by atoms with van der Waals surface area (Å²) in [6, 6.07) is 10.9. The second-order valence-electron chi connectivity index (χ2n) is 5.85. The third-order valence-electron chi connectivity index (χ3n) is 3.47. The Kier molecular flexibility index (Phi) is 5.90. The zero-order valence-corrected chi connectivity index (χ0v) is 14.7. The van der Waals surface area contributed by atoms with Gasteiger partial charge in [0.2, 0.25) is 0 Å². The summed E-state index contributed by atoms with van der Waals surface area (Å²) in [5.74, 6) is -0.648. The number of amides is 2. The van der Waals surface area contributed by atoms with E-state index in [-0.39, 0.29) is 17.3 Å². The van der Waals surface area contributed by atoms with Gasteiger partial charge in [0.25, 0.3) is 11.8 Å². The first kappa shape index (κ1) is 18.9. The van der Waals surface area contributed by atoms with Gasteiger partial charge in [0, 0.05) is 31.4 Å². The van der Waals surface area contributed by atoms with Gasteiger partial charge in [-0.05, 0) is 36.8 Å². The summed E-state index contributed by atoms with van der Waals surface area (Å²) >= 11 is 0. The Balaban J connectivity index is 2.04. The van der Waals surface area contributed by atoms with Crippen molar-refractivity contribution in [2.45, 2.75) is 6.92 Å². The molecule has 0 saturated heterocycles. The molecule has 0 aliphatic carbocycles. The fraction of sp³-hybridized carbons (Fsp3) is 0.222. The number of benzene rings is 2. The van der Waals surface area contributed by atoms with Crippen molar-refractivity contribution in [1.29, 1.82) is 0 Å². The summed E-state index contributed by atoms with van der Waals surface area (Å²) in [6.07, 6.45) is 0. The molecule has 2 aromatic rings. The molecule has 0 heterocycles. The molecule has 0 unspecified atom stereocenters. The molecule has 0 aliphatic heterocycles. The highest BCUT2D eigenvalue weighted by atomic mass is 16.6. The van der Waals surface area contributed by atoms with Gasteiger partial charge in [-0.3, -0.25) is 19.7 Å². The van der Waals surface area contributed by atoms with Crippen molar-refractivity contribution in [3.63, 3.8) is 0 Å². The van der Waals surface area contributed by atoms with Crippen LogP contribution in [-0.4, -0.2) is 42.3 Å². The first-order valence-corrected chi connectivity index (χ1v) is 7.77. The number of carbonyl (C=O) groups excluding carboxylic acids is 2. The zero-order valence-electron chi connectivity index (χ0n) is 14.7. The van der Waals surface area contributed by atoms with Crippen molar-refractivity contribution in [3.8, 4) is 5.75 Å². The second-order valence-corrected chi connectivity index (χ2v) is 5.85. The van der Waals surface area contributed by atoms with Crippen LogP contribution in [-0.2, 0) is 4.79 Å². The van der Waals surface area contributed by atoms with Crippen molar-refractivity contribution in [2.75, 3.05) is 26.0 Å². The number of hydrogen-bond acceptors (Lipinski definition) is 5. The molecule has 26 heavy (non-hydrogen) atoms. The van der Waals surface area contributed by atoms with Crippen LogP contribution in [0, 0.1) is 17.0 Å². The van der Waals surface area contributed by atoms with E-state index >= 15 is 0 Å². The van der Waals surface area contributed by atoms with Crippen molar-refractivity contribution < 1.29 is 19.2 Å². The smallest absolute Gasteiger partial charge is 0.310 e. The lowest BCUT2D eigenvalue weighted by atomic mass is 10.2. The van der Waals surface area contributed by atoms with E-state index in [1.807, 2.05) is 0 Å². The van der Waals surface area contributed by atoms with E-state index in [0.29, 0.717) is 11.3 Å². The Morgan fingerprint density at radius 1 is 1.19 bits per heavy atom. The average Bonchev–Trinajstić information content (AvgIpc) is 2.59. The normalized spacial score (nSPS) is 10.1. The maximum atomic E-state index is 12.1. The van der Waals surface area contributed by atoms with Crippen molar-refractivity contribution in [2.24, 2.45) is 0 Å². The van der Waals surface area contributed by atoms with Crippen molar-refractivity contribution in [3.05, 3.63) is 63.7 Å². The first-order valence-electron chi connectivity index (χ1n) is 7.77. The summed E-state index contributed by atoms with van der Waals surface area (Å²) in [4.78, 5) is 35.9. The maximum absolute atomic E-state index is 12.1. The summed E-state index contributed by atoms with van der Waals surface area (Å²) in [5.41, 5.74) is 1.44. The highest BCUT2D eigenvalue weighted by Gasteiger charge is 2.16.